The van der Waals surface area contributed by atoms with Crippen molar-refractivity contribution in [1.82, 2.24) is 0 Å². The standard InChI is InChI=1S/6H2O.2O.U/h6*1H2;;;/q;;;;;;;;+2. The molecule has 12 N–H and O–H groups in total. The van der Waals surface area contributed by atoms with Gasteiger partial charge in [-0.25, -0.2) is 0 Å². The molecule has 0 aromatic carbocycles. The Morgan fingerprint density at radius 2 is 0.556 bits per heavy atom. The zero-order valence-corrected chi connectivity index (χ0v) is 8.48. The fourth-order valence-electron chi connectivity index (χ4n) is 0. The van der Waals surface area contributed by atoms with Gasteiger partial charge in [0.1, 0.15) is 0 Å². The van der Waals surface area contributed by atoms with Crippen molar-refractivity contribution in [3.8, 4) is 0 Å². The number of hydrogen-bond donors (Lipinski definition) is 0. The Morgan fingerprint density at radius 3 is 0.556 bits per heavy atom. The Balaban J connectivity index is -0.00000000133. The molecule has 0 spiro atoms. The van der Waals surface area contributed by atoms with Crippen molar-refractivity contribution in [2.75, 3.05) is 0 Å². The third-order valence-corrected chi connectivity index (χ3v) is 0. The quantitative estimate of drug-likeness (QED) is 0.403. The Labute approximate surface area is 65.3 Å². The van der Waals surface area contributed by atoms with Crippen LogP contribution in [0.4, 0.5) is 0 Å². The maximum atomic E-state index is 8.58. The van der Waals surface area contributed by atoms with E-state index >= 15 is 0 Å². The van der Waals surface area contributed by atoms with E-state index in [1.54, 1.807) is 0 Å². The van der Waals surface area contributed by atoms with Crippen LogP contribution < -0.4 is 0 Å². The summed E-state index contributed by atoms with van der Waals surface area (Å²) in [6, 6.07) is 0. The van der Waals surface area contributed by atoms with Gasteiger partial charge < -0.3 is 32.9 Å². The third kappa shape index (κ3) is 2040. The third-order valence-electron chi connectivity index (χ3n) is 0. The van der Waals surface area contributed by atoms with Gasteiger partial charge in [0.25, 0.3) is 0 Å². The second kappa shape index (κ2) is 232. The SMILES string of the molecule is O.O.O.O.O.O.[O]=[U+2]=[O]. The van der Waals surface area contributed by atoms with Gasteiger partial charge in [0.05, 0.1) is 0 Å². The fourth-order valence-corrected chi connectivity index (χ4v) is 0. The minimum atomic E-state index is -2.51. The Bertz CT molecular complexity index is 25.5. The van der Waals surface area contributed by atoms with E-state index in [0.717, 1.165) is 0 Å². The summed E-state index contributed by atoms with van der Waals surface area (Å²) in [6.45, 7) is 0. The second-order valence-electron chi connectivity index (χ2n) is 0.0833. The minimum absolute atomic E-state index is 0. The Hall–Kier alpha value is 0.412. The van der Waals surface area contributed by atoms with Crippen LogP contribution in [0.3, 0.4) is 0 Å². The van der Waals surface area contributed by atoms with Crippen molar-refractivity contribution in [3.63, 3.8) is 0 Å². The average Bonchev–Trinajstić information content (AvgIpc) is 0.918. The zero-order chi connectivity index (χ0) is 2.71. The molecule has 0 aliphatic heterocycles. The van der Waals surface area contributed by atoms with Crippen LogP contribution in [0.15, 0.2) is 0 Å². The van der Waals surface area contributed by atoms with Crippen LogP contribution in [0.5, 0.6) is 0 Å². The van der Waals surface area contributed by atoms with Gasteiger partial charge in [-0.05, 0) is 0 Å². The van der Waals surface area contributed by atoms with Crippen LogP contribution in [-0.4, -0.2) is 32.9 Å². The normalized spacial score (nSPS) is 0.889. The summed E-state index contributed by atoms with van der Waals surface area (Å²) in [7, 11) is 0. The topological polar surface area (TPSA) is 223 Å². The molecule has 62 valence electrons. The first-order valence-electron chi connectivity index (χ1n) is 0.408. The van der Waals surface area contributed by atoms with Gasteiger partial charge in [-0.1, -0.05) is 0 Å². The number of hydrogen-bond acceptors (Lipinski definition) is 2. The molecule has 9 heteroatoms. The summed E-state index contributed by atoms with van der Waals surface area (Å²) in [5.74, 6) is 0. The molecule has 0 fully saturated rings. The van der Waals surface area contributed by atoms with Gasteiger partial charge >= 0.3 is 32.3 Å². The molecule has 0 aromatic heterocycles. The first kappa shape index (κ1) is 114. The number of rotatable bonds is 0. The molecule has 0 aliphatic carbocycles. The molecule has 0 rings (SSSR count). The molecular weight excluding hydrogens is 366 g/mol. The van der Waals surface area contributed by atoms with E-state index in [2.05, 4.69) is 0 Å². The molecule has 0 unspecified atom stereocenters. The molecule has 8 nitrogen and oxygen atoms in total. The van der Waals surface area contributed by atoms with E-state index in [1.807, 2.05) is 0 Å². The van der Waals surface area contributed by atoms with Crippen molar-refractivity contribution < 1.29 is 65.1 Å². The fraction of sp³-hybridized carbons (Fsp3) is 0. The average molecular weight is 378 g/mol. The van der Waals surface area contributed by atoms with E-state index in [9.17, 15) is 0 Å². The predicted molar refractivity (Wildman–Crippen MR) is 23.1 cm³/mol. The summed E-state index contributed by atoms with van der Waals surface area (Å²) in [4.78, 5) is 0. The van der Waals surface area contributed by atoms with Gasteiger partial charge in [0, 0.05) is 0 Å². The van der Waals surface area contributed by atoms with E-state index in [0.29, 0.717) is 0 Å². The van der Waals surface area contributed by atoms with E-state index < -0.39 is 27.8 Å². The molecule has 9 heavy (non-hydrogen) atoms. The summed E-state index contributed by atoms with van der Waals surface area (Å²) in [5, 5.41) is 0. The van der Waals surface area contributed by atoms with Crippen LogP contribution in [0.1, 0.15) is 0 Å². The van der Waals surface area contributed by atoms with Gasteiger partial charge in [0.2, 0.25) is 0 Å². The van der Waals surface area contributed by atoms with Crippen LogP contribution in [-0.2, 0) is 4.47 Å². The second-order valence-corrected chi connectivity index (χ2v) is 0.777. The van der Waals surface area contributed by atoms with Crippen molar-refractivity contribution >= 4 is 0 Å². The monoisotopic (exact) mass is 378 g/mol. The summed E-state index contributed by atoms with van der Waals surface area (Å²) in [5.41, 5.74) is 0. The van der Waals surface area contributed by atoms with Crippen LogP contribution >= 0.6 is 0 Å². The van der Waals surface area contributed by atoms with Gasteiger partial charge in [-0.2, -0.15) is 0 Å². The Morgan fingerprint density at radius 1 is 0.556 bits per heavy atom. The predicted octanol–water partition coefficient (Wildman–Crippen LogP) is -5.19. The zero-order valence-electron chi connectivity index (χ0n) is 4.32. The first-order chi connectivity index (χ1) is 1.41. The summed E-state index contributed by atoms with van der Waals surface area (Å²) >= 11 is -2.51. The molecule has 0 radical (unpaired) electrons. The molecule has 0 bridgehead atoms. The van der Waals surface area contributed by atoms with Crippen LogP contribution in [0.2, 0.25) is 0 Å². The van der Waals surface area contributed by atoms with Gasteiger partial charge in [-0.3, -0.25) is 0 Å². The van der Waals surface area contributed by atoms with E-state index in [-0.39, 0.29) is 32.9 Å². The molecular formula is H12O8U+2. The summed E-state index contributed by atoms with van der Waals surface area (Å²) < 4.78 is 17.2. The van der Waals surface area contributed by atoms with Crippen LogP contribution in [0, 0.1) is 27.8 Å². The van der Waals surface area contributed by atoms with Crippen molar-refractivity contribution in [2.45, 2.75) is 0 Å². The molecule has 0 aliphatic rings. The van der Waals surface area contributed by atoms with Gasteiger partial charge in [0.15, 0.2) is 0 Å². The van der Waals surface area contributed by atoms with E-state index in [1.165, 1.54) is 0 Å². The van der Waals surface area contributed by atoms with E-state index in [4.69, 9.17) is 4.47 Å². The maximum absolute atomic E-state index is 8.58. The molecule has 0 amide bonds. The molecule has 0 heterocycles. The molecule has 0 aromatic rings. The van der Waals surface area contributed by atoms with Crippen molar-refractivity contribution in [3.05, 3.63) is 0 Å². The molecule has 0 saturated carbocycles. The Kier molecular flexibility index (Phi) is 2950. The van der Waals surface area contributed by atoms with Crippen molar-refractivity contribution in [1.29, 1.82) is 0 Å². The first-order valence-corrected chi connectivity index (χ1v) is 3.81. The van der Waals surface area contributed by atoms with Crippen molar-refractivity contribution in [2.24, 2.45) is 0 Å². The summed E-state index contributed by atoms with van der Waals surface area (Å²) in [6.07, 6.45) is 0. The van der Waals surface area contributed by atoms with Crippen LogP contribution in [0.25, 0.3) is 0 Å². The molecule has 0 saturated heterocycles. The van der Waals surface area contributed by atoms with Gasteiger partial charge in [-0.15, -0.1) is 0 Å². The molecule has 0 atom stereocenters.